The monoisotopic (exact) mass is 227 g/mol. The lowest BCUT2D eigenvalue weighted by molar-refractivity contribution is -0.0702. The standard InChI is InChI=1S/C11H21N3O2/c1-11(2,3)10(16-5)9(15)6-8-7-14(4)13-12-8/h7,9-10,15H,6H2,1-5H3. The number of hydrogen-bond donors (Lipinski definition) is 1. The van der Waals surface area contributed by atoms with Crippen LogP contribution in [0.4, 0.5) is 0 Å². The Morgan fingerprint density at radius 1 is 1.50 bits per heavy atom. The summed E-state index contributed by atoms with van der Waals surface area (Å²) in [7, 11) is 3.43. The summed E-state index contributed by atoms with van der Waals surface area (Å²) in [5, 5.41) is 17.9. The molecule has 1 N–H and O–H groups in total. The molecule has 16 heavy (non-hydrogen) atoms. The van der Waals surface area contributed by atoms with Crippen molar-refractivity contribution in [2.24, 2.45) is 12.5 Å². The number of hydrogen-bond acceptors (Lipinski definition) is 4. The lowest BCUT2D eigenvalue weighted by Crippen LogP contribution is -2.40. The normalized spacial score (nSPS) is 16.1. The van der Waals surface area contributed by atoms with Gasteiger partial charge in [-0.05, 0) is 5.41 Å². The largest absolute Gasteiger partial charge is 0.390 e. The predicted molar refractivity (Wildman–Crippen MR) is 61.0 cm³/mol. The summed E-state index contributed by atoms with van der Waals surface area (Å²) in [5.41, 5.74) is 0.678. The molecule has 0 aliphatic rings. The van der Waals surface area contributed by atoms with Crippen LogP contribution in [0.2, 0.25) is 0 Å². The highest BCUT2D eigenvalue weighted by molar-refractivity contribution is 4.97. The van der Waals surface area contributed by atoms with Crippen molar-refractivity contribution in [2.75, 3.05) is 7.11 Å². The molecule has 0 aromatic carbocycles. The Kier molecular flexibility index (Phi) is 4.04. The van der Waals surface area contributed by atoms with Gasteiger partial charge in [-0.25, -0.2) is 0 Å². The molecule has 2 atom stereocenters. The van der Waals surface area contributed by atoms with Crippen LogP contribution in [0.1, 0.15) is 26.5 Å². The number of aromatic nitrogens is 3. The van der Waals surface area contributed by atoms with Gasteiger partial charge in [0.2, 0.25) is 0 Å². The molecule has 0 radical (unpaired) electrons. The van der Waals surface area contributed by atoms with E-state index in [4.69, 9.17) is 4.74 Å². The van der Waals surface area contributed by atoms with E-state index in [1.165, 1.54) is 0 Å². The molecule has 5 nitrogen and oxygen atoms in total. The first-order chi connectivity index (χ1) is 7.34. The molecule has 0 aliphatic heterocycles. The van der Waals surface area contributed by atoms with Gasteiger partial charge in [-0.3, -0.25) is 4.68 Å². The first kappa shape index (κ1) is 13.1. The summed E-state index contributed by atoms with van der Waals surface area (Å²) >= 11 is 0. The first-order valence-electron chi connectivity index (χ1n) is 5.40. The van der Waals surface area contributed by atoms with Gasteiger partial charge in [0.15, 0.2) is 0 Å². The highest BCUT2D eigenvalue weighted by atomic mass is 16.5. The second-order valence-electron chi connectivity index (χ2n) is 5.18. The van der Waals surface area contributed by atoms with Crippen molar-refractivity contribution in [3.05, 3.63) is 11.9 Å². The number of rotatable bonds is 4. The quantitative estimate of drug-likeness (QED) is 0.825. The minimum atomic E-state index is -0.568. The van der Waals surface area contributed by atoms with E-state index in [9.17, 15) is 5.11 Å². The summed E-state index contributed by atoms with van der Waals surface area (Å²) in [4.78, 5) is 0. The van der Waals surface area contributed by atoms with Crippen LogP contribution in [0.15, 0.2) is 6.20 Å². The molecule has 1 heterocycles. The van der Waals surface area contributed by atoms with Crippen molar-refractivity contribution in [3.63, 3.8) is 0 Å². The fourth-order valence-corrected chi connectivity index (χ4v) is 1.90. The molecule has 0 bridgehead atoms. The average Bonchev–Trinajstić information content (AvgIpc) is 2.49. The zero-order chi connectivity index (χ0) is 12.3. The lowest BCUT2D eigenvalue weighted by Gasteiger charge is -2.32. The third kappa shape index (κ3) is 3.28. The van der Waals surface area contributed by atoms with Crippen LogP contribution in [0.25, 0.3) is 0 Å². The van der Waals surface area contributed by atoms with Crippen LogP contribution < -0.4 is 0 Å². The SMILES string of the molecule is COC(C(O)Cc1cn(C)nn1)C(C)(C)C. The topological polar surface area (TPSA) is 60.2 Å². The van der Waals surface area contributed by atoms with E-state index < -0.39 is 6.10 Å². The minimum absolute atomic E-state index is 0.101. The number of nitrogens with zero attached hydrogens (tertiary/aromatic N) is 3. The van der Waals surface area contributed by atoms with E-state index in [1.807, 2.05) is 20.8 Å². The summed E-state index contributed by atoms with van der Waals surface area (Å²) in [6.07, 6.45) is 1.48. The Morgan fingerprint density at radius 3 is 2.50 bits per heavy atom. The van der Waals surface area contributed by atoms with E-state index in [0.717, 1.165) is 5.69 Å². The Labute approximate surface area is 96.4 Å². The number of aliphatic hydroxyl groups is 1. The molecule has 0 aliphatic carbocycles. The Bertz CT molecular complexity index is 330. The van der Waals surface area contributed by atoms with E-state index >= 15 is 0 Å². The fraction of sp³-hybridized carbons (Fsp3) is 0.818. The zero-order valence-corrected chi connectivity index (χ0v) is 10.6. The molecule has 0 saturated carbocycles. The van der Waals surface area contributed by atoms with Gasteiger partial charge in [0, 0.05) is 26.8 Å². The maximum atomic E-state index is 10.1. The second kappa shape index (κ2) is 4.93. The van der Waals surface area contributed by atoms with Gasteiger partial charge in [-0.2, -0.15) is 0 Å². The van der Waals surface area contributed by atoms with Gasteiger partial charge in [0.05, 0.1) is 17.9 Å². The third-order valence-corrected chi connectivity index (χ3v) is 2.53. The molecular weight excluding hydrogens is 206 g/mol. The van der Waals surface area contributed by atoms with Crippen molar-refractivity contribution in [1.29, 1.82) is 0 Å². The number of aryl methyl sites for hydroxylation is 1. The van der Waals surface area contributed by atoms with Gasteiger partial charge in [-0.1, -0.05) is 26.0 Å². The van der Waals surface area contributed by atoms with Crippen molar-refractivity contribution in [1.82, 2.24) is 15.0 Å². The van der Waals surface area contributed by atoms with E-state index in [-0.39, 0.29) is 11.5 Å². The highest BCUT2D eigenvalue weighted by Gasteiger charge is 2.31. The summed E-state index contributed by atoms with van der Waals surface area (Å²) in [5.74, 6) is 0. The summed E-state index contributed by atoms with van der Waals surface area (Å²) < 4.78 is 6.98. The van der Waals surface area contributed by atoms with Gasteiger partial charge in [0.1, 0.15) is 0 Å². The summed E-state index contributed by atoms with van der Waals surface area (Å²) in [6.45, 7) is 6.13. The molecule has 1 aromatic heterocycles. The summed E-state index contributed by atoms with van der Waals surface area (Å²) in [6, 6.07) is 0. The Balaban J connectivity index is 2.66. The minimum Gasteiger partial charge on any atom is -0.390 e. The van der Waals surface area contributed by atoms with Crippen LogP contribution in [-0.2, 0) is 18.2 Å². The third-order valence-electron chi connectivity index (χ3n) is 2.53. The molecule has 1 rings (SSSR count). The van der Waals surface area contributed by atoms with Crippen LogP contribution >= 0.6 is 0 Å². The Morgan fingerprint density at radius 2 is 2.12 bits per heavy atom. The molecule has 2 unspecified atom stereocenters. The molecule has 0 fully saturated rings. The molecule has 1 aromatic rings. The van der Waals surface area contributed by atoms with Crippen LogP contribution in [-0.4, -0.2) is 39.4 Å². The van der Waals surface area contributed by atoms with Gasteiger partial charge < -0.3 is 9.84 Å². The van der Waals surface area contributed by atoms with Gasteiger partial charge in [-0.15, -0.1) is 5.10 Å². The molecule has 0 saturated heterocycles. The molecular formula is C11H21N3O2. The molecule has 0 spiro atoms. The van der Waals surface area contributed by atoms with Gasteiger partial charge >= 0.3 is 0 Å². The number of methoxy groups -OCH3 is 1. The van der Waals surface area contributed by atoms with Crippen LogP contribution in [0, 0.1) is 5.41 Å². The van der Waals surface area contributed by atoms with Crippen molar-refractivity contribution in [2.45, 2.75) is 39.4 Å². The van der Waals surface area contributed by atoms with Crippen molar-refractivity contribution >= 4 is 0 Å². The van der Waals surface area contributed by atoms with Gasteiger partial charge in [0.25, 0.3) is 0 Å². The first-order valence-corrected chi connectivity index (χ1v) is 5.40. The maximum Gasteiger partial charge on any atom is 0.0882 e. The van der Waals surface area contributed by atoms with Crippen molar-refractivity contribution in [3.8, 4) is 0 Å². The molecule has 5 heteroatoms. The average molecular weight is 227 g/mol. The zero-order valence-electron chi connectivity index (χ0n) is 10.6. The molecule has 92 valence electrons. The Hall–Kier alpha value is -0.940. The van der Waals surface area contributed by atoms with Crippen molar-refractivity contribution < 1.29 is 9.84 Å². The maximum absolute atomic E-state index is 10.1. The number of aliphatic hydroxyl groups excluding tert-OH is 1. The second-order valence-corrected chi connectivity index (χ2v) is 5.18. The van der Waals surface area contributed by atoms with Crippen LogP contribution in [0.5, 0.6) is 0 Å². The van der Waals surface area contributed by atoms with Crippen LogP contribution in [0.3, 0.4) is 0 Å². The number of ether oxygens (including phenoxy) is 1. The van der Waals surface area contributed by atoms with E-state index in [2.05, 4.69) is 10.3 Å². The smallest absolute Gasteiger partial charge is 0.0882 e. The highest BCUT2D eigenvalue weighted by Crippen LogP contribution is 2.25. The van der Waals surface area contributed by atoms with E-state index in [0.29, 0.717) is 6.42 Å². The predicted octanol–water partition coefficient (Wildman–Crippen LogP) is 0.780. The molecule has 0 amide bonds. The lowest BCUT2D eigenvalue weighted by atomic mass is 9.84. The fourth-order valence-electron chi connectivity index (χ4n) is 1.90. The van der Waals surface area contributed by atoms with E-state index in [1.54, 1.807) is 25.0 Å².